The van der Waals surface area contributed by atoms with Gasteiger partial charge in [0.25, 0.3) is 11.6 Å². The number of aryl methyl sites for hydroxylation is 2. The molecule has 1 amide bonds. The zero-order valence-electron chi connectivity index (χ0n) is 17.6. The van der Waals surface area contributed by atoms with Crippen LogP contribution >= 0.6 is 11.3 Å². The maximum absolute atomic E-state index is 13.0. The van der Waals surface area contributed by atoms with Crippen LogP contribution in [0, 0.1) is 13.8 Å². The van der Waals surface area contributed by atoms with E-state index in [1.54, 1.807) is 13.8 Å². The molecule has 0 saturated carbocycles. The quantitative estimate of drug-likeness (QED) is 0.395. The first-order valence-corrected chi connectivity index (χ1v) is 10.9. The minimum absolute atomic E-state index is 0.117. The van der Waals surface area contributed by atoms with Crippen molar-refractivity contribution in [3.8, 4) is 0 Å². The Labute approximate surface area is 189 Å². The number of nitrogens with one attached hydrogen (secondary N) is 1. The van der Waals surface area contributed by atoms with Gasteiger partial charge >= 0.3 is 6.18 Å². The molecule has 7 nitrogen and oxygen atoms in total. The third-order valence-electron chi connectivity index (χ3n) is 5.43. The summed E-state index contributed by atoms with van der Waals surface area (Å²) in [6.07, 6.45) is -4.25. The Morgan fingerprint density at radius 2 is 1.88 bits per heavy atom. The SMILES string of the molecule is Cc1nc2nc(C(F)(F)F)nn2c(C)c1CCC(=O)Nc1nc2c(ccc3ccccc32)s1. The summed E-state index contributed by atoms with van der Waals surface area (Å²) in [7, 11) is 0. The van der Waals surface area contributed by atoms with Crippen LogP contribution in [0.4, 0.5) is 18.3 Å². The first-order valence-electron chi connectivity index (χ1n) is 10.1. The summed E-state index contributed by atoms with van der Waals surface area (Å²) >= 11 is 1.39. The van der Waals surface area contributed by atoms with Crippen LogP contribution in [-0.4, -0.2) is 30.5 Å². The van der Waals surface area contributed by atoms with Crippen LogP contribution in [0.3, 0.4) is 0 Å². The number of hydrogen-bond donors (Lipinski definition) is 1. The van der Waals surface area contributed by atoms with Gasteiger partial charge in [-0.15, -0.1) is 5.10 Å². The summed E-state index contributed by atoms with van der Waals surface area (Å²) in [4.78, 5) is 24.8. The number of aromatic nitrogens is 5. The minimum atomic E-state index is -4.66. The first kappa shape index (κ1) is 21.3. The molecule has 0 aliphatic carbocycles. The van der Waals surface area contributed by atoms with Gasteiger partial charge in [-0.25, -0.2) is 14.5 Å². The molecule has 0 aliphatic rings. The molecule has 0 saturated heterocycles. The van der Waals surface area contributed by atoms with E-state index >= 15 is 0 Å². The van der Waals surface area contributed by atoms with Crippen LogP contribution in [0.15, 0.2) is 36.4 Å². The number of carbonyl (C=O) groups excluding carboxylic acids is 1. The molecule has 1 N–H and O–H groups in total. The molecule has 0 aliphatic heterocycles. The second-order valence-corrected chi connectivity index (χ2v) is 8.64. The summed E-state index contributed by atoms with van der Waals surface area (Å²) in [5, 5.41) is 8.96. The van der Waals surface area contributed by atoms with Gasteiger partial charge in [-0.2, -0.15) is 18.2 Å². The molecule has 0 spiro atoms. The molecule has 3 heterocycles. The van der Waals surface area contributed by atoms with Crippen molar-refractivity contribution >= 4 is 49.1 Å². The van der Waals surface area contributed by atoms with E-state index in [1.807, 2.05) is 36.4 Å². The van der Waals surface area contributed by atoms with Crippen LogP contribution < -0.4 is 5.32 Å². The molecule has 0 radical (unpaired) electrons. The average molecular weight is 470 g/mol. The summed E-state index contributed by atoms with van der Waals surface area (Å²) < 4.78 is 40.9. The number of carbonyl (C=O) groups is 1. The molecule has 11 heteroatoms. The van der Waals surface area contributed by atoms with Gasteiger partial charge in [0, 0.05) is 23.2 Å². The highest BCUT2D eigenvalue weighted by atomic mass is 32.1. The number of rotatable bonds is 4. The Balaban J connectivity index is 1.35. The normalized spacial score (nSPS) is 12.2. The summed E-state index contributed by atoms with van der Waals surface area (Å²) in [5.74, 6) is -1.60. The molecule has 33 heavy (non-hydrogen) atoms. The van der Waals surface area contributed by atoms with E-state index in [-0.39, 0.29) is 18.1 Å². The van der Waals surface area contributed by atoms with Crippen molar-refractivity contribution in [2.45, 2.75) is 32.9 Å². The van der Waals surface area contributed by atoms with E-state index in [4.69, 9.17) is 0 Å². The zero-order valence-corrected chi connectivity index (χ0v) is 18.4. The maximum Gasteiger partial charge on any atom is 0.453 e. The van der Waals surface area contributed by atoms with Crippen molar-refractivity contribution in [1.82, 2.24) is 24.6 Å². The highest BCUT2D eigenvalue weighted by Gasteiger charge is 2.37. The molecule has 5 rings (SSSR count). The highest BCUT2D eigenvalue weighted by molar-refractivity contribution is 7.22. The number of halogens is 3. The number of hydrogen-bond acceptors (Lipinski definition) is 6. The second-order valence-electron chi connectivity index (χ2n) is 7.61. The smallest absolute Gasteiger partial charge is 0.302 e. The third kappa shape index (κ3) is 3.88. The van der Waals surface area contributed by atoms with Crippen molar-refractivity contribution in [3.05, 3.63) is 59.2 Å². The lowest BCUT2D eigenvalue weighted by molar-refractivity contribution is -0.144. The number of amides is 1. The molecule has 3 aromatic heterocycles. The lowest BCUT2D eigenvalue weighted by Gasteiger charge is -2.10. The van der Waals surface area contributed by atoms with Gasteiger partial charge in [0.2, 0.25) is 5.91 Å². The van der Waals surface area contributed by atoms with Crippen LogP contribution in [0.25, 0.3) is 26.8 Å². The highest BCUT2D eigenvalue weighted by Crippen LogP contribution is 2.32. The van der Waals surface area contributed by atoms with Crippen LogP contribution in [0.2, 0.25) is 0 Å². The van der Waals surface area contributed by atoms with E-state index in [0.29, 0.717) is 28.5 Å². The molecule has 168 valence electrons. The number of anilines is 1. The number of thiazole rings is 1. The summed E-state index contributed by atoms with van der Waals surface area (Å²) in [6.45, 7) is 3.32. The van der Waals surface area contributed by atoms with E-state index in [0.717, 1.165) is 25.5 Å². The Morgan fingerprint density at radius 3 is 2.67 bits per heavy atom. The zero-order chi connectivity index (χ0) is 23.3. The fourth-order valence-corrected chi connectivity index (χ4v) is 4.72. The van der Waals surface area contributed by atoms with Gasteiger partial charge in [-0.05, 0) is 37.3 Å². The predicted octanol–water partition coefficient (Wildman–Crippen LogP) is 5.09. The molecular formula is C22H17F3N6OS. The van der Waals surface area contributed by atoms with E-state index in [9.17, 15) is 18.0 Å². The minimum Gasteiger partial charge on any atom is -0.302 e. The summed E-state index contributed by atoms with van der Waals surface area (Å²) in [5.41, 5.74) is 2.48. The third-order valence-corrected chi connectivity index (χ3v) is 6.37. The van der Waals surface area contributed by atoms with Crippen molar-refractivity contribution in [1.29, 1.82) is 0 Å². The molecule has 0 fully saturated rings. The monoisotopic (exact) mass is 470 g/mol. The Kier molecular flexibility index (Phi) is 5.00. The second kappa shape index (κ2) is 7.77. The summed E-state index contributed by atoms with van der Waals surface area (Å²) in [6, 6.07) is 11.9. The standard InChI is InChI=1S/C22H17F3N6OS/c1-11-14(12(2)31-20(26-11)29-19(30-31)22(23,24)25)8-10-17(32)27-21-28-18-15-6-4-3-5-13(15)7-9-16(18)33-21/h3-7,9H,8,10H2,1-2H3,(H,27,28,32). The molecule has 0 atom stereocenters. The van der Waals surface area contributed by atoms with Crippen LogP contribution in [0.5, 0.6) is 0 Å². The van der Waals surface area contributed by atoms with Crippen molar-refractivity contribution in [2.24, 2.45) is 0 Å². The average Bonchev–Trinajstić information content (AvgIpc) is 3.37. The van der Waals surface area contributed by atoms with Crippen molar-refractivity contribution in [2.75, 3.05) is 5.32 Å². The number of benzene rings is 2. The van der Waals surface area contributed by atoms with Gasteiger partial charge < -0.3 is 5.32 Å². The van der Waals surface area contributed by atoms with E-state index in [1.165, 1.54) is 11.3 Å². The number of nitrogens with zero attached hydrogens (tertiary/aromatic N) is 5. The van der Waals surface area contributed by atoms with Crippen LogP contribution in [0.1, 0.15) is 29.2 Å². The largest absolute Gasteiger partial charge is 0.453 e. The first-order chi connectivity index (χ1) is 15.7. The fraction of sp³-hybridized carbons (Fsp3) is 0.227. The van der Waals surface area contributed by atoms with Gasteiger partial charge in [-0.3, -0.25) is 4.79 Å². The lowest BCUT2D eigenvalue weighted by Crippen LogP contribution is -2.14. The molecule has 5 aromatic rings. The van der Waals surface area contributed by atoms with Gasteiger partial charge in [0.15, 0.2) is 5.13 Å². The Morgan fingerprint density at radius 1 is 1.09 bits per heavy atom. The van der Waals surface area contributed by atoms with Crippen molar-refractivity contribution < 1.29 is 18.0 Å². The van der Waals surface area contributed by atoms with Crippen LogP contribution in [-0.2, 0) is 17.4 Å². The Bertz CT molecular complexity index is 1540. The van der Waals surface area contributed by atoms with E-state index in [2.05, 4.69) is 25.4 Å². The maximum atomic E-state index is 13.0. The molecular weight excluding hydrogens is 453 g/mol. The molecule has 2 aromatic carbocycles. The Hall–Kier alpha value is -3.60. The number of fused-ring (bicyclic) bond motifs is 4. The molecule has 0 unspecified atom stereocenters. The molecule has 0 bridgehead atoms. The van der Waals surface area contributed by atoms with Gasteiger partial charge in [0.05, 0.1) is 10.2 Å². The van der Waals surface area contributed by atoms with Crippen molar-refractivity contribution in [3.63, 3.8) is 0 Å². The van der Waals surface area contributed by atoms with Gasteiger partial charge in [-0.1, -0.05) is 41.7 Å². The number of alkyl halides is 3. The fourth-order valence-electron chi connectivity index (χ4n) is 3.83. The van der Waals surface area contributed by atoms with E-state index < -0.39 is 12.0 Å². The van der Waals surface area contributed by atoms with Gasteiger partial charge in [0.1, 0.15) is 0 Å². The topological polar surface area (TPSA) is 85.1 Å². The lowest BCUT2D eigenvalue weighted by atomic mass is 10.1. The predicted molar refractivity (Wildman–Crippen MR) is 119 cm³/mol.